The molecular formula is C22H17FN6O3. The van der Waals surface area contributed by atoms with Gasteiger partial charge in [-0.25, -0.2) is 9.37 Å². The van der Waals surface area contributed by atoms with Crippen molar-refractivity contribution in [1.82, 2.24) is 29.8 Å². The van der Waals surface area contributed by atoms with Gasteiger partial charge in [0.05, 0.1) is 25.9 Å². The zero-order valence-electron chi connectivity index (χ0n) is 17.2. The molecule has 0 radical (unpaired) electrons. The van der Waals surface area contributed by atoms with Gasteiger partial charge in [-0.15, -0.1) is 10.2 Å². The van der Waals surface area contributed by atoms with E-state index in [4.69, 9.17) is 14.2 Å². The van der Waals surface area contributed by atoms with Gasteiger partial charge in [0.2, 0.25) is 0 Å². The molecule has 0 N–H and O–H groups in total. The molecule has 0 aliphatic rings. The molecule has 0 fully saturated rings. The fraction of sp³-hybridized carbons (Fsp3) is 0.136. The van der Waals surface area contributed by atoms with Crippen LogP contribution in [0, 0.1) is 5.82 Å². The number of fused-ring (bicyclic) bond motifs is 2. The van der Waals surface area contributed by atoms with Crippen molar-refractivity contribution in [2.75, 3.05) is 14.2 Å². The average molecular weight is 432 g/mol. The monoisotopic (exact) mass is 432 g/mol. The summed E-state index contributed by atoms with van der Waals surface area (Å²) in [6.45, 7) is 0.0934. The van der Waals surface area contributed by atoms with Crippen molar-refractivity contribution < 1.29 is 18.6 Å². The Morgan fingerprint density at radius 1 is 0.906 bits per heavy atom. The van der Waals surface area contributed by atoms with Gasteiger partial charge in [0, 0.05) is 23.2 Å². The number of ether oxygens (including phenoxy) is 3. The second-order valence-electron chi connectivity index (χ2n) is 6.80. The number of hydrogen-bond donors (Lipinski definition) is 0. The summed E-state index contributed by atoms with van der Waals surface area (Å²) in [4.78, 5) is 8.66. The summed E-state index contributed by atoms with van der Waals surface area (Å²) in [6, 6.07) is 11.4. The van der Waals surface area contributed by atoms with Gasteiger partial charge in [-0.2, -0.15) is 9.61 Å². The maximum Gasteiger partial charge on any atom is 0.272 e. The standard InChI is InChI=1S/C22H17FN6O3/c1-30-19-9-15-16(10-20(19)31-2)24-8-7-18(15)32-12-21-26-27-22-25-11-17(28-29(21)22)13-3-5-14(23)6-4-13/h3-11H,12H2,1-2H3. The normalized spacial score (nSPS) is 11.1. The van der Waals surface area contributed by atoms with Crippen LogP contribution in [0.1, 0.15) is 5.82 Å². The lowest BCUT2D eigenvalue weighted by Crippen LogP contribution is -2.06. The summed E-state index contributed by atoms with van der Waals surface area (Å²) in [7, 11) is 3.14. The lowest BCUT2D eigenvalue weighted by molar-refractivity contribution is 0.295. The Morgan fingerprint density at radius 3 is 2.47 bits per heavy atom. The zero-order chi connectivity index (χ0) is 22.1. The highest BCUT2D eigenvalue weighted by molar-refractivity contribution is 5.88. The lowest BCUT2D eigenvalue weighted by atomic mass is 10.2. The Labute approximate surface area is 181 Å². The summed E-state index contributed by atoms with van der Waals surface area (Å²) < 4.78 is 31.5. The smallest absolute Gasteiger partial charge is 0.272 e. The lowest BCUT2D eigenvalue weighted by Gasteiger charge is -2.12. The molecule has 0 atom stereocenters. The van der Waals surface area contributed by atoms with E-state index >= 15 is 0 Å². The van der Waals surface area contributed by atoms with Crippen LogP contribution in [0.3, 0.4) is 0 Å². The van der Waals surface area contributed by atoms with Gasteiger partial charge in [0.1, 0.15) is 23.9 Å². The molecule has 32 heavy (non-hydrogen) atoms. The minimum atomic E-state index is -0.319. The Hall–Kier alpha value is -4.34. The minimum absolute atomic E-state index is 0.0934. The Balaban J connectivity index is 1.47. The molecule has 9 nitrogen and oxygen atoms in total. The first-order valence-corrected chi connectivity index (χ1v) is 9.63. The first-order chi connectivity index (χ1) is 15.7. The van der Waals surface area contributed by atoms with Crippen LogP contribution in [-0.4, -0.2) is 44.0 Å². The van der Waals surface area contributed by atoms with Crippen molar-refractivity contribution in [3.05, 3.63) is 66.5 Å². The molecule has 0 saturated carbocycles. The molecular weight excluding hydrogens is 415 g/mol. The van der Waals surface area contributed by atoms with E-state index < -0.39 is 0 Å². The number of benzene rings is 2. The third-order valence-corrected chi connectivity index (χ3v) is 4.90. The highest BCUT2D eigenvalue weighted by atomic mass is 19.1. The second-order valence-corrected chi connectivity index (χ2v) is 6.80. The van der Waals surface area contributed by atoms with Crippen LogP contribution in [0.15, 0.2) is 54.9 Å². The van der Waals surface area contributed by atoms with E-state index in [2.05, 4.69) is 25.3 Å². The number of nitrogens with zero attached hydrogens (tertiary/aromatic N) is 6. The predicted molar refractivity (Wildman–Crippen MR) is 113 cm³/mol. The molecule has 0 amide bonds. The summed E-state index contributed by atoms with van der Waals surface area (Å²) in [5.74, 6) is 2.22. The number of halogens is 1. The molecule has 0 unspecified atom stereocenters. The van der Waals surface area contributed by atoms with Gasteiger partial charge in [-0.3, -0.25) is 4.98 Å². The van der Waals surface area contributed by atoms with Crippen LogP contribution in [0.2, 0.25) is 0 Å². The molecule has 0 aliphatic heterocycles. The van der Waals surface area contributed by atoms with E-state index in [9.17, 15) is 4.39 Å². The second kappa shape index (κ2) is 8.06. The molecule has 5 aromatic rings. The summed E-state index contributed by atoms with van der Waals surface area (Å²) in [5, 5.41) is 13.5. The number of pyridine rings is 1. The summed E-state index contributed by atoms with van der Waals surface area (Å²) >= 11 is 0. The third-order valence-electron chi connectivity index (χ3n) is 4.90. The summed E-state index contributed by atoms with van der Waals surface area (Å²) in [6.07, 6.45) is 3.22. The largest absolute Gasteiger partial charge is 0.493 e. The Morgan fingerprint density at radius 2 is 1.69 bits per heavy atom. The van der Waals surface area contributed by atoms with Crippen LogP contribution in [-0.2, 0) is 6.61 Å². The number of methoxy groups -OCH3 is 2. The van der Waals surface area contributed by atoms with Crippen molar-refractivity contribution in [3.8, 4) is 28.5 Å². The molecule has 160 valence electrons. The Bertz CT molecular complexity index is 1420. The minimum Gasteiger partial charge on any atom is -0.493 e. The van der Waals surface area contributed by atoms with E-state index in [-0.39, 0.29) is 12.4 Å². The topological polar surface area (TPSA) is 96.6 Å². The van der Waals surface area contributed by atoms with Crippen molar-refractivity contribution in [1.29, 1.82) is 0 Å². The number of hydrogen-bond acceptors (Lipinski definition) is 8. The van der Waals surface area contributed by atoms with E-state index in [0.717, 1.165) is 10.9 Å². The van der Waals surface area contributed by atoms with Crippen molar-refractivity contribution >= 4 is 16.7 Å². The van der Waals surface area contributed by atoms with E-state index in [0.29, 0.717) is 40.1 Å². The molecule has 3 heterocycles. The van der Waals surface area contributed by atoms with E-state index in [1.165, 1.54) is 16.6 Å². The molecule has 0 saturated heterocycles. The molecule has 0 spiro atoms. The molecule has 3 aromatic heterocycles. The maximum absolute atomic E-state index is 13.2. The maximum atomic E-state index is 13.2. The molecule has 0 bridgehead atoms. The molecule has 5 rings (SSSR count). The summed E-state index contributed by atoms with van der Waals surface area (Å²) in [5.41, 5.74) is 1.98. The quantitative estimate of drug-likeness (QED) is 0.402. The van der Waals surface area contributed by atoms with Gasteiger partial charge in [-0.05, 0) is 36.4 Å². The average Bonchev–Trinajstić information content (AvgIpc) is 3.24. The van der Waals surface area contributed by atoms with Gasteiger partial charge >= 0.3 is 0 Å². The number of aromatic nitrogens is 6. The molecule has 10 heteroatoms. The fourth-order valence-corrected chi connectivity index (χ4v) is 3.30. The van der Waals surface area contributed by atoms with Gasteiger partial charge in [-0.1, -0.05) is 0 Å². The first-order valence-electron chi connectivity index (χ1n) is 9.63. The van der Waals surface area contributed by atoms with Crippen LogP contribution < -0.4 is 14.2 Å². The molecule has 0 aliphatic carbocycles. The number of rotatable bonds is 6. The van der Waals surface area contributed by atoms with E-state index in [1.807, 2.05) is 6.07 Å². The first kappa shape index (κ1) is 19.6. The van der Waals surface area contributed by atoms with Crippen LogP contribution in [0.25, 0.3) is 27.9 Å². The molecule has 2 aromatic carbocycles. The van der Waals surface area contributed by atoms with Gasteiger partial charge < -0.3 is 14.2 Å². The third kappa shape index (κ3) is 3.51. The fourth-order valence-electron chi connectivity index (χ4n) is 3.30. The van der Waals surface area contributed by atoms with Crippen molar-refractivity contribution in [2.24, 2.45) is 0 Å². The highest BCUT2D eigenvalue weighted by Crippen LogP contribution is 2.35. The SMILES string of the molecule is COc1cc2nccc(OCc3nnc4ncc(-c5ccc(F)cc5)nn34)c2cc1OC. The Kier molecular flexibility index (Phi) is 4.94. The van der Waals surface area contributed by atoms with Crippen molar-refractivity contribution in [3.63, 3.8) is 0 Å². The van der Waals surface area contributed by atoms with Crippen LogP contribution in [0.4, 0.5) is 4.39 Å². The predicted octanol–water partition coefficient (Wildman–Crippen LogP) is 3.47. The highest BCUT2D eigenvalue weighted by Gasteiger charge is 2.14. The van der Waals surface area contributed by atoms with Gasteiger partial charge in [0.25, 0.3) is 5.78 Å². The van der Waals surface area contributed by atoms with Crippen LogP contribution >= 0.6 is 0 Å². The van der Waals surface area contributed by atoms with Gasteiger partial charge in [0.15, 0.2) is 17.3 Å². The van der Waals surface area contributed by atoms with E-state index in [1.54, 1.807) is 50.9 Å². The zero-order valence-corrected chi connectivity index (χ0v) is 17.2. The van der Waals surface area contributed by atoms with Crippen molar-refractivity contribution in [2.45, 2.75) is 6.61 Å². The van der Waals surface area contributed by atoms with Crippen LogP contribution in [0.5, 0.6) is 17.2 Å².